The Labute approximate surface area is 190 Å². The van der Waals surface area contributed by atoms with Gasteiger partial charge in [-0.05, 0) is 42.7 Å². The number of ether oxygens (including phenoxy) is 2. The van der Waals surface area contributed by atoms with Crippen LogP contribution in [0.3, 0.4) is 0 Å². The maximum Gasteiger partial charge on any atom is 0.265 e. The molecule has 8 nitrogen and oxygen atoms in total. The fourth-order valence-electron chi connectivity index (χ4n) is 4.63. The number of hydrogen-bond acceptors (Lipinski definition) is 6. The Hall–Kier alpha value is -3.59. The third-order valence-electron chi connectivity index (χ3n) is 6.39. The zero-order valence-corrected chi connectivity index (χ0v) is 18.7. The summed E-state index contributed by atoms with van der Waals surface area (Å²) >= 11 is 0. The van der Waals surface area contributed by atoms with Crippen LogP contribution in [0, 0.1) is 0 Å². The molecule has 1 spiro atoms. The van der Waals surface area contributed by atoms with E-state index in [1.54, 1.807) is 36.4 Å². The Bertz CT molecular complexity index is 1420. The van der Waals surface area contributed by atoms with Gasteiger partial charge in [-0.1, -0.05) is 18.6 Å². The van der Waals surface area contributed by atoms with E-state index in [9.17, 15) is 18.0 Å². The Kier molecular flexibility index (Phi) is 5.01. The molecule has 2 aliphatic rings. The van der Waals surface area contributed by atoms with Gasteiger partial charge in [-0.15, -0.1) is 0 Å². The molecule has 0 aliphatic heterocycles. The van der Waals surface area contributed by atoms with Crippen molar-refractivity contribution < 1.29 is 22.7 Å². The highest BCUT2D eigenvalue weighted by Gasteiger charge is 2.51. The van der Waals surface area contributed by atoms with Crippen molar-refractivity contribution in [1.29, 1.82) is 0 Å². The molecule has 9 heteroatoms. The number of carbonyl (C=O) groups is 1. The predicted molar refractivity (Wildman–Crippen MR) is 122 cm³/mol. The maximum atomic E-state index is 13.2. The van der Waals surface area contributed by atoms with Crippen molar-refractivity contribution >= 4 is 21.5 Å². The monoisotopic (exact) mass is 466 g/mol. The first kappa shape index (κ1) is 21.3. The maximum absolute atomic E-state index is 13.2. The Morgan fingerprint density at radius 1 is 1.03 bits per heavy atom. The van der Waals surface area contributed by atoms with E-state index in [1.165, 1.54) is 25.4 Å². The summed E-state index contributed by atoms with van der Waals surface area (Å²) in [6.45, 7) is 0. The second kappa shape index (κ2) is 7.77. The average molecular weight is 467 g/mol. The summed E-state index contributed by atoms with van der Waals surface area (Å²) in [5, 5.41) is 0. The molecule has 0 radical (unpaired) electrons. The van der Waals surface area contributed by atoms with E-state index in [0.717, 1.165) is 30.4 Å². The largest absolute Gasteiger partial charge is 0.495 e. The van der Waals surface area contributed by atoms with E-state index in [0.29, 0.717) is 11.5 Å². The van der Waals surface area contributed by atoms with Gasteiger partial charge in [-0.2, -0.15) is 0 Å². The zero-order chi connectivity index (χ0) is 23.2. The minimum absolute atomic E-state index is 0.000469. The molecular formula is C24H22N2O6S. The summed E-state index contributed by atoms with van der Waals surface area (Å²) in [6, 6.07) is 12.5. The van der Waals surface area contributed by atoms with Gasteiger partial charge in [0.25, 0.3) is 15.6 Å². The summed E-state index contributed by atoms with van der Waals surface area (Å²) in [7, 11) is -2.57. The standard InChI is InChI=1S/C24H22N2O6S/c1-31-19-5-2-3-6-21(19)33(29,30)26-15-11-18-17(14-22(27)24(18)8-4-9-24)20(12-15)32-16-7-10-25-23(28)13-16/h2-3,5-7,10-13,26H,4,8-9,14H2,1H3,(H,25,28). The number of Topliss-reactive ketones (excluding diaryl/α,β-unsaturated/α-hetero) is 1. The predicted octanol–water partition coefficient (Wildman–Crippen LogP) is 3.52. The van der Waals surface area contributed by atoms with Crippen LogP contribution in [-0.4, -0.2) is 26.3 Å². The van der Waals surface area contributed by atoms with Crippen LogP contribution < -0.4 is 19.8 Å². The van der Waals surface area contributed by atoms with Crippen molar-refractivity contribution in [3.05, 3.63) is 76.2 Å². The highest BCUT2D eigenvalue weighted by molar-refractivity contribution is 7.92. The Morgan fingerprint density at radius 2 is 1.82 bits per heavy atom. The smallest absolute Gasteiger partial charge is 0.265 e. The Balaban J connectivity index is 1.60. The third-order valence-corrected chi connectivity index (χ3v) is 7.81. The molecule has 1 fully saturated rings. The second-order valence-corrected chi connectivity index (χ2v) is 9.93. The summed E-state index contributed by atoms with van der Waals surface area (Å²) in [4.78, 5) is 27.2. The van der Waals surface area contributed by atoms with E-state index in [-0.39, 0.29) is 34.1 Å². The van der Waals surface area contributed by atoms with Crippen LogP contribution in [0.2, 0.25) is 0 Å². The highest BCUT2D eigenvalue weighted by Crippen LogP contribution is 2.53. The lowest BCUT2D eigenvalue weighted by Crippen LogP contribution is -2.39. The first-order valence-corrected chi connectivity index (χ1v) is 12.0. The summed E-state index contributed by atoms with van der Waals surface area (Å²) < 4.78 is 40.1. The number of methoxy groups -OCH3 is 1. The number of rotatable bonds is 6. The number of H-pyrrole nitrogens is 1. The number of anilines is 1. The average Bonchev–Trinajstić information content (AvgIpc) is 3.06. The van der Waals surface area contributed by atoms with Crippen LogP contribution in [0.15, 0.2) is 64.4 Å². The van der Waals surface area contributed by atoms with Crippen LogP contribution in [0.25, 0.3) is 0 Å². The van der Waals surface area contributed by atoms with Gasteiger partial charge in [0.2, 0.25) is 0 Å². The van der Waals surface area contributed by atoms with Gasteiger partial charge < -0.3 is 14.5 Å². The number of aromatic amines is 1. The van der Waals surface area contributed by atoms with Gasteiger partial charge in [-0.25, -0.2) is 8.42 Å². The summed E-state index contributed by atoms with van der Waals surface area (Å²) in [5.74, 6) is 0.988. The van der Waals surface area contributed by atoms with Gasteiger partial charge in [0, 0.05) is 30.3 Å². The topological polar surface area (TPSA) is 115 Å². The number of hydrogen-bond donors (Lipinski definition) is 2. The molecule has 2 aromatic carbocycles. The molecule has 2 aliphatic carbocycles. The van der Waals surface area contributed by atoms with Gasteiger partial charge in [-0.3, -0.25) is 14.3 Å². The lowest BCUT2D eigenvalue weighted by molar-refractivity contribution is -0.125. The normalized spacial score (nSPS) is 16.2. The van der Waals surface area contributed by atoms with Gasteiger partial charge in [0.05, 0.1) is 18.2 Å². The van der Waals surface area contributed by atoms with Crippen molar-refractivity contribution in [2.24, 2.45) is 0 Å². The number of carbonyl (C=O) groups excluding carboxylic acids is 1. The van der Waals surface area contributed by atoms with Crippen molar-refractivity contribution in [3.8, 4) is 17.2 Å². The number of para-hydroxylation sites is 1. The van der Waals surface area contributed by atoms with E-state index in [1.807, 2.05) is 0 Å². The second-order valence-electron chi connectivity index (χ2n) is 8.28. The molecule has 1 heterocycles. The minimum atomic E-state index is -3.98. The van der Waals surface area contributed by atoms with Crippen LogP contribution in [-0.2, 0) is 26.7 Å². The number of ketones is 1. The molecule has 0 atom stereocenters. The van der Waals surface area contributed by atoms with Crippen LogP contribution in [0.5, 0.6) is 17.2 Å². The van der Waals surface area contributed by atoms with Gasteiger partial charge in [0.15, 0.2) is 0 Å². The molecule has 3 aromatic rings. The fraction of sp³-hybridized carbons (Fsp3) is 0.250. The third kappa shape index (κ3) is 3.58. The number of nitrogens with one attached hydrogen (secondary N) is 2. The number of sulfonamides is 1. The van der Waals surface area contributed by atoms with E-state index in [2.05, 4.69) is 9.71 Å². The molecule has 0 bridgehead atoms. The lowest BCUT2D eigenvalue weighted by Gasteiger charge is -2.37. The van der Waals surface area contributed by atoms with E-state index < -0.39 is 15.4 Å². The molecular weight excluding hydrogens is 444 g/mol. The van der Waals surface area contributed by atoms with Crippen LogP contribution in [0.4, 0.5) is 5.69 Å². The van der Waals surface area contributed by atoms with E-state index in [4.69, 9.17) is 9.47 Å². The first-order valence-electron chi connectivity index (χ1n) is 10.6. The fourth-order valence-corrected chi connectivity index (χ4v) is 5.84. The quantitative estimate of drug-likeness (QED) is 0.575. The first-order chi connectivity index (χ1) is 15.8. The minimum Gasteiger partial charge on any atom is -0.495 e. The summed E-state index contributed by atoms with van der Waals surface area (Å²) in [5.41, 5.74) is 0.885. The molecule has 2 N–H and O–H groups in total. The van der Waals surface area contributed by atoms with E-state index >= 15 is 0 Å². The number of benzene rings is 2. The number of pyridine rings is 1. The molecule has 1 saturated carbocycles. The highest BCUT2D eigenvalue weighted by atomic mass is 32.2. The molecule has 33 heavy (non-hydrogen) atoms. The molecule has 0 amide bonds. The molecule has 5 rings (SSSR count). The lowest BCUT2D eigenvalue weighted by atomic mass is 9.64. The van der Waals surface area contributed by atoms with Crippen LogP contribution >= 0.6 is 0 Å². The zero-order valence-electron chi connectivity index (χ0n) is 17.9. The van der Waals surface area contributed by atoms with Gasteiger partial charge in [0.1, 0.15) is 27.9 Å². The van der Waals surface area contributed by atoms with Crippen molar-refractivity contribution in [1.82, 2.24) is 4.98 Å². The van der Waals surface area contributed by atoms with Crippen molar-refractivity contribution in [2.45, 2.75) is 36.0 Å². The Morgan fingerprint density at radius 3 is 2.52 bits per heavy atom. The molecule has 1 aromatic heterocycles. The summed E-state index contributed by atoms with van der Waals surface area (Å²) in [6.07, 6.45) is 4.07. The number of aromatic nitrogens is 1. The molecule has 0 unspecified atom stereocenters. The number of fused-ring (bicyclic) bond motifs is 2. The molecule has 0 saturated heterocycles. The van der Waals surface area contributed by atoms with Gasteiger partial charge >= 0.3 is 0 Å². The SMILES string of the molecule is COc1ccccc1S(=O)(=O)Nc1cc(Oc2cc[nH]c(=O)c2)c2c(c1)C1(CCC1)C(=O)C2. The van der Waals surface area contributed by atoms with Crippen LogP contribution in [0.1, 0.15) is 30.4 Å². The van der Waals surface area contributed by atoms with Crippen molar-refractivity contribution in [2.75, 3.05) is 11.8 Å². The van der Waals surface area contributed by atoms with Crippen molar-refractivity contribution in [3.63, 3.8) is 0 Å². The molecule has 170 valence electrons.